The van der Waals surface area contributed by atoms with Gasteiger partial charge < -0.3 is 4.74 Å². The van der Waals surface area contributed by atoms with Gasteiger partial charge in [-0.05, 0) is 40.0 Å². The SMILES string of the molecule is CC(C)(C)n1c(CCC2CCCO2)nnc1S(=O)(=O)Cl. The Morgan fingerprint density at radius 3 is 2.60 bits per heavy atom. The Kier molecular flexibility index (Phi) is 4.41. The van der Waals surface area contributed by atoms with Crippen LogP contribution in [0.5, 0.6) is 0 Å². The number of hydrogen-bond donors (Lipinski definition) is 0. The van der Waals surface area contributed by atoms with Crippen molar-refractivity contribution in [2.75, 3.05) is 6.61 Å². The molecule has 20 heavy (non-hydrogen) atoms. The highest BCUT2D eigenvalue weighted by Gasteiger charge is 2.30. The van der Waals surface area contributed by atoms with Crippen molar-refractivity contribution in [3.63, 3.8) is 0 Å². The van der Waals surface area contributed by atoms with Gasteiger partial charge in [-0.2, -0.15) is 0 Å². The highest BCUT2D eigenvalue weighted by atomic mass is 35.7. The molecule has 1 atom stereocenters. The second-order valence-electron chi connectivity index (χ2n) is 6.02. The third-order valence-corrected chi connectivity index (χ3v) is 4.42. The average Bonchev–Trinajstić information content (AvgIpc) is 2.93. The number of aryl methyl sites for hydroxylation is 1. The summed E-state index contributed by atoms with van der Waals surface area (Å²) in [5.74, 6) is 0.632. The first-order valence-corrected chi connectivity index (χ1v) is 9.01. The maximum Gasteiger partial charge on any atom is 0.296 e. The molecular weight excluding hydrogens is 302 g/mol. The van der Waals surface area contributed by atoms with Crippen molar-refractivity contribution < 1.29 is 13.2 Å². The van der Waals surface area contributed by atoms with Gasteiger partial charge in [0.15, 0.2) is 0 Å². The van der Waals surface area contributed by atoms with E-state index in [1.807, 2.05) is 20.8 Å². The van der Waals surface area contributed by atoms with Crippen LogP contribution in [0, 0.1) is 0 Å². The maximum absolute atomic E-state index is 11.6. The van der Waals surface area contributed by atoms with E-state index in [0.717, 1.165) is 25.9 Å². The van der Waals surface area contributed by atoms with Crippen LogP contribution in [0.25, 0.3) is 0 Å². The predicted molar refractivity (Wildman–Crippen MR) is 75.4 cm³/mol. The molecule has 6 nitrogen and oxygen atoms in total. The Morgan fingerprint density at radius 2 is 2.10 bits per heavy atom. The molecule has 0 saturated carbocycles. The van der Waals surface area contributed by atoms with Gasteiger partial charge >= 0.3 is 0 Å². The van der Waals surface area contributed by atoms with Crippen molar-refractivity contribution in [2.24, 2.45) is 0 Å². The van der Waals surface area contributed by atoms with E-state index >= 15 is 0 Å². The van der Waals surface area contributed by atoms with Crippen LogP contribution < -0.4 is 0 Å². The Balaban J connectivity index is 2.26. The Labute approximate surface area is 123 Å². The van der Waals surface area contributed by atoms with Gasteiger partial charge in [-0.1, -0.05) is 0 Å². The van der Waals surface area contributed by atoms with Crippen LogP contribution in [0.3, 0.4) is 0 Å². The largest absolute Gasteiger partial charge is 0.378 e. The summed E-state index contributed by atoms with van der Waals surface area (Å²) in [5.41, 5.74) is -0.452. The minimum absolute atomic E-state index is 0.186. The molecule has 1 fully saturated rings. The number of aromatic nitrogens is 3. The molecule has 0 radical (unpaired) electrons. The summed E-state index contributed by atoms with van der Waals surface area (Å²) in [5, 5.41) is 7.57. The summed E-state index contributed by atoms with van der Waals surface area (Å²) >= 11 is 0. The summed E-state index contributed by atoms with van der Waals surface area (Å²) in [6, 6.07) is 0. The lowest BCUT2D eigenvalue weighted by atomic mass is 10.1. The molecule has 1 saturated heterocycles. The minimum atomic E-state index is -3.90. The van der Waals surface area contributed by atoms with E-state index in [1.165, 1.54) is 0 Å². The van der Waals surface area contributed by atoms with Gasteiger partial charge in [-0.15, -0.1) is 10.2 Å². The van der Waals surface area contributed by atoms with E-state index in [4.69, 9.17) is 15.4 Å². The molecule has 1 aliphatic rings. The van der Waals surface area contributed by atoms with Gasteiger partial charge in [0.2, 0.25) is 0 Å². The second kappa shape index (κ2) is 5.61. The zero-order chi connectivity index (χ0) is 15.0. The molecule has 1 aromatic rings. The fourth-order valence-electron chi connectivity index (χ4n) is 2.46. The topological polar surface area (TPSA) is 74.1 Å². The van der Waals surface area contributed by atoms with Gasteiger partial charge in [0.25, 0.3) is 14.2 Å². The number of nitrogens with zero attached hydrogens (tertiary/aromatic N) is 3. The summed E-state index contributed by atoms with van der Waals surface area (Å²) in [6.45, 7) is 6.50. The third-order valence-electron chi connectivity index (χ3n) is 3.30. The summed E-state index contributed by atoms with van der Waals surface area (Å²) in [6.07, 6.45) is 3.80. The van der Waals surface area contributed by atoms with Crippen LogP contribution >= 0.6 is 10.7 Å². The van der Waals surface area contributed by atoms with Crippen LogP contribution in [0.15, 0.2) is 5.16 Å². The lowest BCUT2D eigenvalue weighted by Crippen LogP contribution is -2.27. The number of ether oxygens (including phenoxy) is 1. The van der Waals surface area contributed by atoms with E-state index in [9.17, 15) is 8.42 Å². The molecule has 0 aromatic carbocycles. The summed E-state index contributed by atoms with van der Waals surface area (Å²) in [7, 11) is 1.53. The first-order valence-electron chi connectivity index (χ1n) is 6.70. The van der Waals surface area contributed by atoms with Crippen molar-refractivity contribution in [1.82, 2.24) is 14.8 Å². The Hall–Kier alpha value is -0.660. The van der Waals surface area contributed by atoms with Crippen molar-refractivity contribution in [1.29, 1.82) is 0 Å². The lowest BCUT2D eigenvalue weighted by molar-refractivity contribution is 0.103. The lowest BCUT2D eigenvalue weighted by Gasteiger charge is -2.24. The number of halogens is 1. The average molecular weight is 322 g/mol. The molecule has 2 heterocycles. The van der Waals surface area contributed by atoms with Crippen LogP contribution in [-0.4, -0.2) is 35.9 Å². The quantitative estimate of drug-likeness (QED) is 0.794. The molecule has 114 valence electrons. The van der Waals surface area contributed by atoms with Crippen molar-refractivity contribution >= 4 is 19.7 Å². The van der Waals surface area contributed by atoms with Crippen LogP contribution in [0.1, 0.15) is 45.9 Å². The molecule has 1 unspecified atom stereocenters. The van der Waals surface area contributed by atoms with E-state index in [-0.39, 0.29) is 11.3 Å². The summed E-state index contributed by atoms with van der Waals surface area (Å²) in [4.78, 5) is 0. The van der Waals surface area contributed by atoms with Crippen molar-refractivity contribution in [3.05, 3.63) is 5.82 Å². The summed E-state index contributed by atoms with van der Waals surface area (Å²) < 4.78 is 30.4. The molecule has 2 rings (SSSR count). The fraction of sp³-hybridized carbons (Fsp3) is 0.833. The van der Waals surface area contributed by atoms with Crippen molar-refractivity contribution in [2.45, 2.75) is 63.3 Å². The Bertz CT molecular complexity index is 571. The normalized spacial score (nSPS) is 20.5. The Morgan fingerprint density at radius 1 is 1.40 bits per heavy atom. The molecule has 0 spiro atoms. The van der Waals surface area contributed by atoms with Gasteiger partial charge in [0.1, 0.15) is 5.82 Å². The molecule has 8 heteroatoms. The zero-order valence-electron chi connectivity index (χ0n) is 12.0. The van der Waals surface area contributed by atoms with E-state index in [1.54, 1.807) is 4.57 Å². The fourth-order valence-corrected chi connectivity index (χ4v) is 3.49. The smallest absolute Gasteiger partial charge is 0.296 e. The molecule has 1 aromatic heterocycles. The highest BCUT2D eigenvalue weighted by molar-refractivity contribution is 8.13. The first-order chi connectivity index (χ1) is 9.19. The van der Waals surface area contributed by atoms with E-state index < -0.39 is 14.6 Å². The number of rotatable bonds is 4. The van der Waals surface area contributed by atoms with E-state index in [2.05, 4.69) is 10.2 Å². The highest BCUT2D eigenvalue weighted by Crippen LogP contribution is 2.25. The molecule has 0 aliphatic carbocycles. The van der Waals surface area contributed by atoms with Gasteiger partial charge in [-0.3, -0.25) is 4.57 Å². The maximum atomic E-state index is 11.6. The second-order valence-corrected chi connectivity index (χ2v) is 8.48. The standard InChI is InChI=1S/C12H20ClN3O3S/c1-12(2,3)16-10(7-6-9-5-4-8-19-9)14-15-11(16)20(13,17)18/h9H,4-8H2,1-3H3. The molecular formula is C12H20ClN3O3S. The first kappa shape index (κ1) is 15.7. The van der Waals surface area contributed by atoms with Crippen LogP contribution in [0.4, 0.5) is 0 Å². The van der Waals surface area contributed by atoms with Gasteiger partial charge in [-0.25, -0.2) is 8.42 Å². The van der Waals surface area contributed by atoms with Crippen LogP contribution in [0.2, 0.25) is 0 Å². The molecule has 0 amide bonds. The predicted octanol–water partition coefficient (Wildman–Crippen LogP) is 2.07. The monoisotopic (exact) mass is 321 g/mol. The van der Waals surface area contributed by atoms with Crippen LogP contribution in [-0.2, 0) is 25.7 Å². The number of hydrogen-bond acceptors (Lipinski definition) is 5. The third kappa shape index (κ3) is 3.51. The molecule has 1 aliphatic heterocycles. The van der Waals surface area contributed by atoms with Gasteiger partial charge in [0, 0.05) is 29.2 Å². The van der Waals surface area contributed by atoms with E-state index in [0.29, 0.717) is 12.2 Å². The minimum Gasteiger partial charge on any atom is -0.378 e. The molecule has 0 N–H and O–H groups in total. The molecule has 0 bridgehead atoms. The van der Waals surface area contributed by atoms with Gasteiger partial charge in [0.05, 0.1) is 6.10 Å². The van der Waals surface area contributed by atoms with Crippen molar-refractivity contribution in [3.8, 4) is 0 Å². The zero-order valence-corrected chi connectivity index (χ0v) is 13.5.